The smallest absolute Gasteiger partial charge is 0.167 e. The van der Waals surface area contributed by atoms with Gasteiger partial charge in [-0.2, -0.15) is 0 Å². The van der Waals surface area contributed by atoms with Gasteiger partial charge in [0.25, 0.3) is 0 Å². The molecule has 0 bridgehead atoms. The van der Waals surface area contributed by atoms with Gasteiger partial charge in [-0.05, 0) is 44.2 Å². The van der Waals surface area contributed by atoms with Crippen LogP contribution in [-0.4, -0.2) is 30.7 Å². The number of hydrogen-bond donors (Lipinski definition) is 1. The second kappa shape index (κ2) is 5.63. The quantitative estimate of drug-likeness (QED) is 0.901. The molecule has 2 heterocycles. The number of pyridine rings is 1. The summed E-state index contributed by atoms with van der Waals surface area (Å²) in [6.07, 6.45) is 6.41. The van der Waals surface area contributed by atoms with E-state index in [4.69, 9.17) is 11.6 Å². The first-order valence-corrected chi connectivity index (χ1v) is 7.39. The highest BCUT2D eigenvalue weighted by atomic mass is 35.5. The van der Waals surface area contributed by atoms with E-state index in [0.29, 0.717) is 22.8 Å². The highest BCUT2D eigenvalue weighted by Gasteiger charge is 2.28. The molecule has 1 atom stereocenters. The average Bonchev–Trinajstić information content (AvgIpc) is 3.03. The molecule has 104 valence electrons. The van der Waals surface area contributed by atoms with Gasteiger partial charge in [0.2, 0.25) is 0 Å². The number of aromatic nitrogens is 1. The van der Waals surface area contributed by atoms with Crippen LogP contribution in [0.1, 0.15) is 25.7 Å². The number of halogens is 2. The molecule has 3 rings (SSSR count). The van der Waals surface area contributed by atoms with Gasteiger partial charge in [0.05, 0.1) is 5.02 Å². The van der Waals surface area contributed by atoms with E-state index in [0.717, 1.165) is 26.1 Å². The first-order chi connectivity index (χ1) is 9.22. The summed E-state index contributed by atoms with van der Waals surface area (Å²) in [4.78, 5) is 6.28. The monoisotopic (exact) mass is 283 g/mol. The van der Waals surface area contributed by atoms with Crippen LogP contribution in [0, 0.1) is 11.7 Å². The van der Waals surface area contributed by atoms with Crippen LogP contribution in [0.25, 0.3) is 0 Å². The van der Waals surface area contributed by atoms with Crippen LogP contribution < -0.4 is 10.2 Å². The molecule has 19 heavy (non-hydrogen) atoms. The van der Waals surface area contributed by atoms with E-state index >= 15 is 0 Å². The van der Waals surface area contributed by atoms with Crippen LogP contribution in [0.2, 0.25) is 5.02 Å². The Morgan fingerprint density at radius 2 is 2.21 bits per heavy atom. The predicted octanol–water partition coefficient (Wildman–Crippen LogP) is 2.84. The number of nitrogens with one attached hydrogen (secondary N) is 1. The molecule has 0 radical (unpaired) electrons. The molecule has 3 nitrogen and oxygen atoms in total. The lowest BCUT2D eigenvalue weighted by Gasteiger charge is -2.27. The maximum atomic E-state index is 14.0. The average molecular weight is 284 g/mol. The lowest BCUT2D eigenvalue weighted by molar-refractivity contribution is 0.549. The Morgan fingerprint density at radius 3 is 2.84 bits per heavy atom. The minimum absolute atomic E-state index is 0.314. The van der Waals surface area contributed by atoms with Gasteiger partial charge in [-0.1, -0.05) is 11.6 Å². The third-order valence-electron chi connectivity index (χ3n) is 3.87. The van der Waals surface area contributed by atoms with Crippen molar-refractivity contribution in [2.24, 2.45) is 5.92 Å². The van der Waals surface area contributed by atoms with Gasteiger partial charge in [-0.25, -0.2) is 9.37 Å². The van der Waals surface area contributed by atoms with Gasteiger partial charge in [-0.3, -0.25) is 0 Å². The standard InChI is InChI=1S/C14H19ClFN3/c15-11-6-13(16)14(18-7-11)19(8-10-3-4-10)9-12-2-1-5-17-12/h6-7,10,12,17H,1-5,8-9H2. The molecule has 1 unspecified atom stereocenters. The predicted molar refractivity (Wildman–Crippen MR) is 75.2 cm³/mol. The van der Waals surface area contributed by atoms with Gasteiger partial charge in [0.15, 0.2) is 11.6 Å². The molecule has 1 aromatic rings. The summed E-state index contributed by atoms with van der Waals surface area (Å²) in [5, 5.41) is 3.82. The molecule has 0 amide bonds. The van der Waals surface area contributed by atoms with Crippen LogP contribution in [0.5, 0.6) is 0 Å². The normalized spacial score (nSPS) is 22.7. The molecule has 1 saturated carbocycles. The van der Waals surface area contributed by atoms with E-state index in [-0.39, 0.29) is 5.82 Å². The van der Waals surface area contributed by atoms with Crippen molar-refractivity contribution in [2.75, 3.05) is 24.5 Å². The fourth-order valence-corrected chi connectivity index (χ4v) is 2.82. The third-order valence-corrected chi connectivity index (χ3v) is 4.07. The summed E-state index contributed by atoms with van der Waals surface area (Å²) in [6, 6.07) is 1.81. The highest BCUT2D eigenvalue weighted by Crippen LogP contribution is 2.32. The summed E-state index contributed by atoms with van der Waals surface area (Å²) in [5.74, 6) is 0.842. The van der Waals surface area contributed by atoms with Gasteiger partial charge >= 0.3 is 0 Å². The minimum atomic E-state index is -0.314. The fraction of sp³-hybridized carbons (Fsp3) is 0.643. The van der Waals surface area contributed by atoms with E-state index < -0.39 is 0 Å². The van der Waals surface area contributed by atoms with Crippen molar-refractivity contribution in [1.29, 1.82) is 0 Å². The lowest BCUT2D eigenvalue weighted by Crippen LogP contribution is -2.39. The zero-order valence-corrected chi connectivity index (χ0v) is 11.7. The summed E-state index contributed by atoms with van der Waals surface area (Å²) in [7, 11) is 0. The van der Waals surface area contributed by atoms with Crippen molar-refractivity contribution in [3.05, 3.63) is 23.1 Å². The van der Waals surface area contributed by atoms with E-state index in [1.165, 1.54) is 31.5 Å². The summed E-state index contributed by atoms with van der Waals surface area (Å²) in [5.41, 5.74) is 0. The molecule has 1 saturated heterocycles. The SMILES string of the molecule is Fc1cc(Cl)cnc1N(CC1CC1)CC1CCCN1. The topological polar surface area (TPSA) is 28.2 Å². The molecule has 1 aliphatic heterocycles. The summed E-state index contributed by atoms with van der Waals surface area (Å²) in [6.45, 7) is 2.81. The second-order valence-electron chi connectivity index (χ2n) is 5.60. The summed E-state index contributed by atoms with van der Waals surface area (Å²) >= 11 is 5.78. The Morgan fingerprint density at radius 1 is 1.37 bits per heavy atom. The zero-order chi connectivity index (χ0) is 13.2. The molecule has 1 aliphatic carbocycles. The van der Waals surface area contributed by atoms with Crippen LogP contribution >= 0.6 is 11.6 Å². The Bertz CT molecular complexity index is 444. The molecule has 0 spiro atoms. The number of nitrogens with zero attached hydrogens (tertiary/aromatic N) is 2. The van der Waals surface area contributed by atoms with Crippen LogP contribution in [0.4, 0.5) is 10.2 Å². The lowest BCUT2D eigenvalue weighted by atomic mass is 10.2. The first-order valence-electron chi connectivity index (χ1n) is 7.02. The van der Waals surface area contributed by atoms with Crippen LogP contribution in [0.3, 0.4) is 0 Å². The van der Waals surface area contributed by atoms with Crippen molar-refractivity contribution in [3.63, 3.8) is 0 Å². The molecule has 1 N–H and O–H groups in total. The van der Waals surface area contributed by atoms with E-state index in [1.807, 2.05) is 0 Å². The Balaban J connectivity index is 1.75. The van der Waals surface area contributed by atoms with E-state index in [1.54, 1.807) is 0 Å². The van der Waals surface area contributed by atoms with Gasteiger partial charge in [-0.15, -0.1) is 0 Å². The van der Waals surface area contributed by atoms with Crippen LogP contribution in [0.15, 0.2) is 12.3 Å². The maximum Gasteiger partial charge on any atom is 0.167 e. The van der Waals surface area contributed by atoms with Crippen LogP contribution in [-0.2, 0) is 0 Å². The Kier molecular flexibility index (Phi) is 3.89. The van der Waals surface area contributed by atoms with Crippen molar-refractivity contribution in [3.8, 4) is 0 Å². The Hall–Kier alpha value is -0.870. The molecular weight excluding hydrogens is 265 g/mol. The number of hydrogen-bond acceptors (Lipinski definition) is 3. The molecule has 0 aromatic carbocycles. The van der Waals surface area contributed by atoms with Gasteiger partial charge < -0.3 is 10.2 Å². The molecule has 1 aromatic heterocycles. The molecule has 2 aliphatic rings. The maximum absolute atomic E-state index is 14.0. The molecule has 5 heteroatoms. The van der Waals surface area contributed by atoms with Crippen molar-refractivity contribution in [2.45, 2.75) is 31.7 Å². The van der Waals surface area contributed by atoms with Crippen molar-refractivity contribution < 1.29 is 4.39 Å². The number of rotatable bonds is 5. The molecular formula is C14H19ClFN3. The molecule has 2 fully saturated rings. The van der Waals surface area contributed by atoms with Crippen molar-refractivity contribution >= 4 is 17.4 Å². The second-order valence-corrected chi connectivity index (χ2v) is 6.04. The van der Waals surface area contributed by atoms with E-state index in [9.17, 15) is 4.39 Å². The van der Waals surface area contributed by atoms with E-state index in [2.05, 4.69) is 15.2 Å². The minimum Gasteiger partial charge on any atom is -0.352 e. The summed E-state index contributed by atoms with van der Waals surface area (Å²) < 4.78 is 14.0. The zero-order valence-electron chi connectivity index (χ0n) is 10.9. The van der Waals surface area contributed by atoms with Crippen molar-refractivity contribution in [1.82, 2.24) is 10.3 Å². The van der Waals surface area contributed by atoms with Gasteiger partial charge in [0, 0.05) is 25.3 Å². The first kappa shape index (κ1) is 13.1. The number of anilines is 1. The third kappa shape index (κ3) is 3.37. The highest BCUT2D eigenvalue weighted by molar-refractivity contribution is 6.30. The largest absolute Gasteiger partial charge is 0.352 e. The Labute approximate surface area is 118 Å². The fourth-order valence-electron chi connectivity index (χ4n) is 2.68. The van der Waals surface area contributed by atoms with Gasteiger partial charge in [0.1, 0.15) is 0 Å².